The van der Waals surface area contributed by atoms with Crippen molar-refractivity contribution in [1.82, 2.24) is 15.0 Å². The maximum atomic E-state index is 4.40. The first-order chi connectivity index (χ1) is 8.20. The molecule has 5 nitrogen and oxygen atoms in total. The van der Waals surface area contributed by atoms with Gasteiger partial charge in [-0.1, -0.05) is 0 Å². The number of anilines is 2. The molecule has 0 aliphatic carbocycles. The number of aromatic nitrogens is 3. The molecule has 2 rings (SSSR count). The number of nitrogens with one attached hydrogen (secondary N) is 2. The Kier molecular flexibility index (Phi) is 3.53. The Morgan fingerprint density at radius 3 is 2.65 bits per heavy atom. The van der Waals surface area contributed by atoms with Crippen LogP contribution in [0, 0.1) is 13.8 Å². The maximum Gasteiger partial charge on any atom is 0.135 e. The third kappa shape index (κ3) is 2.71. The fraction of sp³-hybridized carbons (Fsp3) is 0.364. The third-order valence-corrected chi connectivity index (χ3v) is 3.19. The zero-order valence-corrected chi connectivity index (χ0v) is 10.9. The van der Waals surface area contributed by atoms with E-state index in [4.69, 9.17) is 0 Å². The molecular formula is C11H15N5S. The molecule has 2 aromatic rings. The first-order valence-electron chi connectivity index (χ1n) is 5.35. The zero-order valence-electron chi connectivity index (χ0n) is 10.1. The van der Waals surface area contributed by atoms with E-state index in [0.717, 1.165) is 29.6 Å². The Hall–Kier alpha value is -1.69. The first kappa shape index (κ1) is 11.8. The average molecular weight is 249 g/mol. The maximum absolute atomic E-state index is 4.40. The van der Waals surface area contributed by atoms with Crippen molar-refractivity contribution in [3.8, 4) is 0 Å². The van der Waals surface area contributed by atoms with Crippen LogP contribution >= 0.6 is 11.3 Å². The lowest BCUT2D eigenvalue weighted by molar-refractivity contribution is 1.01. The highest BCUT2D eigenvalue weighted by Crippen LogP contribution is 2.20. The van der Waals surface area contributed by atoms with Crippen molar-refractivity contribution < 1.29 is 0 Å². The van der Waals surface area contributed by atoms with Crippen LogP contribution in [0.5, 0.6) is 0 Å². The molecule has 0 aromatic carbocycles. The van der Waals surface area contributed by atoms with Gasteiger partial charge in [0.25, 0.3) is 0 Å². The molecule has 6 heteroatoms. The third-order valence-electron chi connectivity index (χ3n) is 2.41. The lowest BCUT2D eigenvalue weighted by Crippen LogP contribution is -2.07. The fourth-order valence-corrected chi connectivity index (χ4v) is 2.08. The second-order valence-corrected chi connectivity index (χ2v) is 4.64. The molecule has 0 fully saturated rings. The van der Waals surface area contributed by atoms with Crippen LogP contribution in [-0.4, -0.2) is 22.0 Å². The SMILES string of the molecule is CNc1nc(C)nc(NCc2cncs2)c1C. The number of nitrogens with zero attached hydrogens (tertiary/aromatic N) is 3. The van der Waals surface area contributed by atoms with E-state index in [0.29, 0.717) is 0 Å². The second kappa shape index (κ2) is 5.09. The van der Waals surface area contributed by atoms with E-state index in [1.807, 2.05) is 32.6 Å². The van der Waals surface area contributed by atoms with Crippen LogP contribution in [0.25, 0.3) is 0 Å². The molecule has 0 aliphatic rings. The van der Waals surface area contributed by atoms with E-state index in [1.165, 1.54) is 4.88 Å². The summed E-state index contributed by atoms with van der Waals surface area (Å²) in [7, 11) is 1.86. The van der Waals surface area contributed by atoms with Gasteiger partial charge in [-0.05, 0) is 13.8 Å². The molecule has 2 heterocycles. The van der Waals surface area contributed by atoms with Crippen molar-refractivity contribution >= 4 is 23.0 Å². The van der Waals surface area contributed by atoms with Crippen molar-refractivity contribution in [2.75, 3.05) is 17.7 Å². The summed E-state index contributed by atoms with van der Waals surface area (Å²) < 4.78 is 0. The molecule has 2 N–H and O–H groups in total. The minimum absolute atomic E-state index is 0.741. The fourth-order valence-electron chi connectivity index (χ4n) is 1.54. The van der Waals surface area contributed by atoms with Crippen LogP contribution in [0.3, 0.4) is 0 Å². The summed E-state index contributed by atoms with van der Waals surface area (Å²) in [5.74, 6) is 2.49. The first-order valence-corrected chi connectivity index (χ1v) is 6.23. The van der Waals surface area contributed by atoms with Gasteiger partial charge in [0.1, 0.15) is 17.5 Å². The van der Waals surface area contributed by atoms with Gasteiger partial charge in [-0.3, -0.25) is 4.98 Å². The molecule has 0 saturated heterocycles. The molecule has 0 unspecified atom stereocenters. The largest absolute Gasteiger partial charge is 0.373 e. The second-order valence-electron chi connectivity index (χ2n) is 3.66. The van der Waals surface area contributed by atoms with Gasteiger partial charge in [-0.2, -0.15) is 0 Å². The van der Waals surface area contributed by atoms with E-state index in [1.54, 1.807) is 11.3 Å². The van der Waals surface area contributed by atoms with Crippen LogP contribution in [0.1, 0.15) is 16.3 Å². The lowest BCUT2D eigenvalue weighted by Gasteiger charge is -2.11. The number of rotatable bonds is 4. The van der Waals surface area contributed by atoms with Crippen LogP contribution in [0.15, 0.2) is 11.7 Å². The van der Waals surface area contributed by atoms with Crippen LogP contribution in [-0.2, 0) is 6.54 Å². The molecule has 0 bridgehead atoms. The Morgan fingerprint density at radius 2 is 2.00 bits per heavy atom. The molecule has 90 valence electrons. The van der Waals surface area contributed by atoms with E-state index < -0.39 is 0 Å². The smallest absolute Gasteiger partial charge is 0.135 e. The van der Waals surface area contributed by atoms with E-state index in [-0.39, 0.29) is 0 Å². The Bertz CT molecular complexity index is 495. The van der Waals surface area contributed by atoms with Crippen LogP contribution in [0.2, 0.25) is 0 Å². The summed E-state index contributed by atoms with van der Waals surface area (Å²) >= 11 is 1.63. The van der Waals surface area contributed by atoms with Gasteiger partial charge in [-0.25, -0.2) is 9.97 Å². The van der Waals surface area contributed by atoms with Crippen LogP contribution < -0.4 is 10.6 Å². The molecule has 0 radical (unpaired) electrons. The van der Waals surface area contributed by atoms with Crippen molar-refractivity contribution in [2.45, 2.75) is 20.4 Å². The minimum atomic E-state index is 0.741. The molecule has 0 spiro atoms. The number of aryl methyl sites for hydroxylation is 1. The van der Waals surface area contributed by atoms with Gasteiger partial charge in [0.2, 0.25) is 0 Å². The van der Waals surface area contributed by atoms with Crippen molar-refractivity contribution in [2.24, 2.45) is 0 Å². The Morgan fingerprint density at radius 1 is 1.24 bits per heavy atom. The van der Waals surface area contributed by atoms with Gasteiger partial charge < -0.3 is 10.6 Å². The van der Waals surface area contributed by atoms with E-state index in [9.17, 15) is 0 Å². The number of hydrogen-bond acceptors (Lipinski definition) is 6. The van der Waals surface area contributed by atoms with Crippen LogP contribution in [0.4, 0.5) is 11.6 Å². The molecule has 0 atom stereocenters. The molecule has 0 amide bonds. The van der Waals surface area contributed by atoms with Gasteiger partial charge in [0.15, 0.2) is 0 Å². The molecule has 0 aliphatic heterocycles. The van der Waals surface area contributed by atoms with Crippen molar-refractivity contribution in [3.63, 3.8) is 0 Å². The summed E-state index contributed by atoms with van der Waals surface area (Å²) in [6.45, 7) is 4.63. The summed E-state index contributed by atoms with van der Waals surface area (Å²) in [6.07, 6.45) is 1.86. The number of thiazole rings is 1. The standard InChI is InChI=1S/C11H15N5S/c1-7-10(12-3)15-8(2)16-11(7)14-5-9-4-13-6-17-9/h4,6H,5H2,1-3H3,(H2,12,14,15,16). The Labute approximate surface area is 104 Å². The highest BCUT2D eigenvalue weighted by molar-refractivity contribution is 7.09. The average Bonchev–Trinajstić information content (AvgIpc) is 2.82. The predicted octanol–water partition coefficient (Wildman–Crippen LogP) is 2.20. The normalized spacial score (nSPS) is 10.3. The highest BCUT2D eigenvalue weighted by Gasteiger charge is 2.07. The molecule has 0 saturated carbocycles. The van der Waals surface area contributed by atoms with Gasteiger partial charge in [0, 0.05) is 23.7 Å². The topological polar surface area (TPSA) is 62.7 Å². The molecule has 17 heavy (non-hydrogen) atoms. The quantitative estimate of drug-likeness (QED) is 0.869. The summed E-state index contributed by atoms with van der Waals surface area (Å²) in [6, 6.07) is 0. The van der Waals surface area contributed by atoms with E-state index >= 15 is 0 Å². The molecular weight excluding hydrogens is 234 g/mol. The molecule has 2 aromatic heterocycles. The van der Waals surface area contributed by atoms with Gasteiger partial charge in [0.05, 0.1) is 12.1 Å². The van der Waals surface area contributed by atoms with Gasteiger partial charge >= 0.3 is 0 Å². The summed E-state index contributed by atoms with van der Waals surface area (Å²) in [4.78, 5) is 14.0. The monoisotopic (exact) mass is 249 g/mol. The predicted molar refractivity (Wildman–Crippen MR) is 70.5 cm³/mol. The summed E-state index contributed by atoms with van der Waals surface area (Å²) in [5.41, 5.74) is 2.86. The zero-order chi connectivity index (χ0) is 12.3. The minimum Gasteiger partial charge on any atom is -0.373 e. The highest BCUT2D eigenvalue weighted by atomic mass is 32.1. The summed E-state index contributed by atoms with van der Waals surface area (Å²) in [5, 5.41) is 6.38. The van der Waals surface area contributed by atoms with Crippen molar-refractivity contribution in [1.29, 1.82) is 0 Å². The van der Waals surface area contributed by atoms with Crippen molar-refractivity contribution in [3.05, 3.63) is 28.0 Å². The Balaban J connectivity index is 2.17. The van der Waals surface area contributed by atoms with E-state index in [2.05, 4.69) is 25.6 Å². The van der Waals surface area contributed by atoms with Gasteiger partial charge in [-0.15, -0.1) is 11.3 Å². The lowest BCUT2D eigenvalue weighted by atomic mass is 10.3. The number of hydrogen-bond donors (Lipinski definition) is 2.